The summed E-state index contributed by atoms with van der Waals surface area (Å²) in [5.41, 5.74) is 0.300. The molecule has 5 nitrogen and oxygen atoms in total. The smallest absolute Gasteiger partial charge is 0.306 e. The van der Waals surface area contributed by atoms with Gasteiger partial charge in [0.25, 0.3) is 0 Å². The number of carboxylic acid groups (broad SMARTS) is 1. The number of aromatic nitrogens is 2. The Morgan fingerprint density at radius 1 is 1.69 bits per heavy atom. The molecule has 1 aromatic heterocycles. The Morgan fingerprint density at radius 3 is 2.88 bits per heavy atom. The second kappa shape index (κ2) is 3.90. The molecule has 1 fully saturated rings. The van der Waals surface area contributed by atoms with Gasteiger partial charge in [0.2, 0.25) is 0 Å². The summed E-state index contributed by atoms with van der Waals surface area (Å²) in [5, 5.41) is 22.8. The van der Waals surface area contributed by atoms with E-state index in [2.05, 4.69) is 5.10 Å². The lowest BCUT2D eigenvalue weighted by Gasteiger charge is -2.41. The first-order valence-electron chi connectivity index (χ1n) is 5.41. The van der Waals surface area contributed by atoms with Crippen molar-refractivity contribution in [1.82, 2.24) is 9.78 Å². The van der Waals surface area contributed by atoms with Gasteiger partial charge in [0.1, 0.15) is 0 Å². The summed E-state index contributed by atoms with van der Waals surface area (Å²) >= 11 is 0. The molecule has 1 aliphatic rings. The number of aliphatic carboxylic acids is 1. The van der Waals surface area contributed by atoms with E-state index in [1.54, 1.807) is 10.9 Å². The molecule has 0 saturated heterocycles. The lowest BCUT2D eigenvalue weighted by molar-refractivity contribution is -0.158. The fourth-order valence-electron chi connectivity index (χ4n) is 2.21. The molecular weight excluding hydrogens is 208 g/mol. The number of carboxylic acids is 1. The largest absolute Gasteiger partial charge is 0.481 e. The Hall–Kier alpha value is -1.36. The summed E-state index contributed by atoms with van der Waals surface area (Å²) in [6, 6.07) is 0. The maximum atomic E-state index is 10.6. The van der Waals surface area contributed by atoms with Gasteiger partial charge in [-0.15, -0.1) is 0 Å². The van der Waals surface area contributed by atoms with Crippen LogP contribution in [-0.2, 0) is 18.3 Å². The zero-order chi connectivity index (χ0) is 11.8. The third-order valence-corrected chi connectivity index (χ3v) is 3.24. The number of aryl methyl sites for hydroxylation is 2. The molecule has 1 aromatic rings. The Bertz CT molecular complexity index is 394. The van der Waals surface area contributed by atoms with Crippen LogP contribution in [0.5, 0.6) is 0 Å². The van der Waals surface area contributed by atoms with E-state index in [-0.39, 0.29) is 5.92 Å². The molecule has 0 radical (unpaired) electrons. The van der Waals surface area contributed by atoms with Gasteiger partial charge in [0, 0.05) is 13.2 Å². The van der Waals surface area contributed by atoms with E-state index < -0.39 is 11.6 Å². The molecule has 0 spiro atoms. The second-order valence-electron chi connectivity index (χ2n) is 4.69. The topological polar surface area (TPSA) is 75.4 Å². The minimum Gasteiger partial charge on any atom is -0.481 e. The minimum absolute atomic E-state index is 0.362. The van der Waals surface area contributed by atoms with Crippen molar-refractivity contribution in [2.24, 2.45) is 13.0 Å². The van der Waals surface area contributed by atoms with Crippen LogP contribution in [0, 0.1) is 5.92 Å². The van der Waals surface area contributed by atoms with Gasteiger partial charge < -0.3 is 10.2 Å². The van der Waals surface area contributed by atoms with Crippen LogP contribution in [0.25, 0.3) is 0 Å². The molecule has 0 aromatic carbocycles. The van der Waals surface area contributed by atoms with Crippen molar-refractivity contribution in [2.75, 3.05) is 0 Å². The molecule has 1 heterocycles. The fourth-order valence-corrected chi connectivity index (χ4v) is 2.21. The molecule has 88 valence electrons. The lowest BCUT2D eigenvalue weighted by atomic mass is 9.68. The summed E-state index contributed by atoms with van der Waals surface area (Å²) in [7, 11) is 1.85. The lowest BCUT2D eigenvalue weighted by Crippen LogP contribution is -2.47. The molecule has 0 unspecified atom stereocenters. The summed E-state index contributed by atoms with van der Waals surface area (Å²) in [6.45, 7) is 0. The summed E-state index contributed by atoms with van der Waals surface area (Å²) in [6.07, 6.45) is 5.80. The predicted molar refractivity (Wildman–Crippen MR) is 56.8 cm³/mol. The van der Waals surface area contributed by atoms with E-state index in [0.717, 1.165) is 12.0 Å². The quantitative estimate of drug-likeness (QED) is 0.784. The third kappa shape index (κ3) is 2.24. The van der Waals surface area contributed by atoms with Gasteiger partial charge in [-0.2, -0.15) is 5.10 Å². The van der Waals surface area contributed by atoms with Crippen molar-refractivity contribution in [3.63, 3.8) is 0 Å². The molecule has 0 bridgehead atoms. The zero-order valence-electron chi connectivity index (χ0n) is 9.26. The Morgan fingerprint density at radius 2 is 2.38 bits per heavy atom. The highest BCUT2D eigenvalue weighted by Crippen LogP contribution is 2.40. The van der Waals surface area contributed by atoms with Crippen molar-refractivity contribution < 1.29 is 15.0 Å². The summed E-state index contributed by atoms with van der Waals surface area (Å²) < 4.78 is 1.72. The van der Waals surface area contributed by atoms with Gasteiger partial charge in [-0.25, -0.2) is 0 Å². The number of rotatable bonds is 4. The molecule has 2 rings (SSSR count). The average Bonchev–Trinajstić information content (AvgIpc) is 2.56. The SMILES string of the molecule is Cn1cc(CCC2(O)CC(C(=O)O)C2)cn1. The number of aliphatic hydroxyl groups is 1. The van der Waals surface area contributed by atoms with Gasteiger partial charge >= 0.3 is 5.97 Å². The highest BCUT2D eigenvalue weighted by molar-refractivity contribution is 5.71. The third-order valence-electron chi connectivity index (χ3n) is 3.24. The zero-order valence-corrected chi connectivity index (χ0v) is 9.26. The number of hydrogen-bond donors (Lipinski definition) is 2. The van der Waals surface area contributed by atoms with Crippen LogP contribution in [0.2, 0.25) is 0 Å². The molecule has 1 aliphatic carbocycles. The van der Waals surface area contributed by atoms with E-state index in [0.29, 0.717) is 19.3 Å². The Kier molecular flexibility index (Phi) is 2.71. The van der Waals surface area contributed by atoms with Gasteiger partial charge in [-0.05, 0) is 31.2 Å². The van der Waals surface area contributed by atoms with Crippen LogP contribution in [0.15, 0.2) is 12.4 Å². The van der Waals surface area contributed by atoms with E-state index >= 15 is 0 Å². The standard InChI is InChI=1S/C11H16N2O3/c1-13-7-8(6-12-13)2-3-11(16)4-9(5-11)10(14)15/h6-7,9,16H,2-5H2,1H3,(H,14,15). The fraction of sp³-hybridized carbons (Fsp3) is 0.636. The Balaban J connectivity index is 1.81. The van der Waals surface area contributed by atoms with Crippen LogP contribution in [0.1, 0.15) is 24.8 Å². The number of carbonyl (C=O) groups is 1. The molecule has 5 heteroatoms. The second-order valence-corrected chi connectivity index (χ2v) is 4.69. The van der Waals surface area contributed by atoms with E-state index in [9.17, 15) is 9.90 Å². The van der Waals surface area contributed by atoms with Crippen molar-refractivity contribution in [1.29, 1.82) is 0 Å². The van der Waals surface area contributed by atoms with Crippen molar-refractivity contribution in [3.8, 4) is 0 Å². The molecule has 1 saturated carbocycles. The molecule has 0 amide bonds. The van der Waals surface area contributed by atoms with Gasteiger partial charge in [-0.3, -0.25) is 9.48 Å². The van der Waals surface area contributed by atoms with E-state index in [1.165, 1.54) is 0 Å². The van der Waals surface area contributed by atoms with Crippen LogP contribution in [-0.4, -0.2) is 31.6 Å². The number of hydrogen-bond acceptors (Lipinski definition) is 3. The van der Waals surface area contributed by atoms with Crippen molar-refractivity contribution in [2.45, 2.75) is 31.3 Å². The first kappa shape index (κ1) is 11.1. The molecule has 0 aliphatic heterocycles. The maximum absolute atomic E-state index is 10.6. The van der Waals surface area contributed by atoms with Gasteiger partial charge in [0.15, 0.2) is 0 Å². The monoisotopic (exact) mass is 224 g/mol. The summed E-state index contributed by atoms with van der Waals surface area (Å²) in [5.74, 6) is -1.16. The first-order chi connectivity index (χ1) is 7.48. The van der Waals surface area contributed by atoms with E-state index in [4.69, 9.17) is 5.11 Å². The predicted octanol–water partition coefficient (Wildman–Crippen LogP) is 0.578. The average molecular weight is 224 g/mol. The highest BCUT2D eigenvalue weighted by Gasteiger charge is 2.45. The molecule has 0 atom stereocenters. The van der Waals surface area contributed by atoms with Crippen LogP contribution < -0.4 is 0 Å². The van der Waals surface area contributed by atoms with Crippen molar-refractivity contribution >= 4 is 5.97 Å². The first-order valence-corrected chi connectivity index (χ1v) is 5.41. The van der Waals surface area contributed by atoms with E-state index in [1.807, 2.05) is 13.2 Å². The summed E-state index contributed by atoms with van der Waals surface area (Å²) in [4.78, 5) is 10.6. The molecule has 16 heavy (non-hydrogen) atoms. The van der Waals surface area contributed by atoms with Gasteiger partial charge in [0.05, 0.1) is 17.7 Å². The Labute approximate surface area is 93.7 Å². The van der Waals surface area contributed by atoms with Crippen molar-refractivity contribution in [3.05, 3.63) is 18.0 Å². The number of nitrogens with zero attached hydrogens (tertiary/aromatic N) is 2. The highest BCUT2D eigenvalue weighted by atomic mass is 16.4. The minimum atomic E-state index is -0.800. The van der Waals surface area contributed by atoms with Gasteiger partial charge in [-0.1, -0.05) is 0 Å². The maximum Gasteiger partial charge on any atom is 0.306 e. The normalized spacial score (nSPS) is 28.8. The van der Waals surface area contributed by atoms with Crippen LogP contribution in [0.3, 0.4) is 0 Å². The van der Waals surface area contributed by atoms with Crippen LogP contribution >= 0.6 is 0 Å². The molecular formula is C11H16N2O3. The molecule has 2 N–H and O–H groups in total. The van der Waals surface area contributed by atoms with Crippen LogP contribution in [0.4, 0.5) is 0 Å².